The fourth-order valence-electron chi connectivity index (χ4n) is 2.57. The van der Waals surface area contributed by atoms with Crippen LogP contribution < -0.4 is 10.1 Å². The van der Waals surface area contributed by atoms with E-state index in [2.05, 4.69) is 24.3 Å². The number of carbonyl (C=O) groups excluding carboxylic acids is 1. The van der Waals surface area contributed by atoms with Gasteiger partial charge in [0.25, 0.3) is 5.91 Å². The Hall–Kier alpha value is -3.23. The van der Waals surface area contributed by atoms with Gasteiger partial charge in [0.1, 0.15) is 24.7 Å². The van der Waals surface area contributed by atoms with Gasteiger partial charge in [-0.25, -0.2) is 0 Å². The summed E-state index contributed by atoms with van der Waals surface area (Å²) < 4.78 is 48.9. The van der Waals surface area contributed by atoms with E-state index >= 15 is 0 Å². The van der Waals surface area contributed by atoms with Crippen molar-refractivity contribution in [2.24, 2.45) is 0 Å². The van der Waals surface area contributed by atoms with Gasteiger partial charge >= 0.3 is 6.18 Å². The zero-order valence-corrected chi connectivity index (χ0v) is 15.9. The van der Waals surface area contributed by atoms with Crippen molar-refractivity contribution in [2.45, 2.75) is 39.1 Å². The van der Waals surface area contributed by atoms with Crippen LogP contribution in [0.25, 0.3) is 0 Å². The average Bonchev–Trinajstić information content (AvgIpc) is 3.28. The molecule has 154 valence electrons. The van der Waals surface area contributed by atoms with Crippen molar-refractivity contribution in [3.05, 3.63) is 65.9 Å². The van der Waals surface area contributed by atoms with Crippen LogP contribution in [0.5, 0.6) is 5.75 Å². The number of amides is 1. The number of ether oxygens (including phenoxy) is 1. The number of halogens is 3. The Balaban J connectivity index is 1.54. The first kappa shape index (κ1) is 20.5. The number of nitrogens with zero attached hydrogens (tertiary/aromatic N) is 2. The first-order chi connectivity index (χ1) is 13.7. The van der Waals surface area contributed by atoms with Gasteiger partial charge in [-0.1, -0.05) is 26.0 Å². The molecule has 0 aliphatic rings. The average molecular weight is 407 g/mol. The van der Waals surface area contributed by atoms with Gasteiger partial charge < -0.3 is 14.5 Å². The summed E-state index contributed by atoms with van der Waals surface area (Å²) in [6, 6.07) is 10.8. The zero-order chi connectivity index (χ0) is 21.0. The molecule has 1 amide bonds. The number of aromatic nitrogens is 2. The van der Waals surface area contributed by atoms with Crippen LogP contribution in [0.3, 0.4) is 0 Å². The van der Waals surface area contributed by atoms with E-state index in [9.17, 15) is 18.0 Å². The summed E-state index contributed by atoms with van der Waals surface area (Å²) in [5.74, 6) is 0.965. The third-order valence-electron chi connectivity index (χ3n) is 4.05. The molecule has 0 spiro atoms. The second kappa shape index (κ2) is 8.42. The second-order valence-corrected chi connectivity index (χ2v) is 6.77. The van der Waals surface area contributed by atoms with E-state index in [1.54, 1.807) is 6.07 Å². The van der Waals surface area contributed by atoms with Gasteiger partial charge in [0.2, 0.25) is 0 Å². The molecule has 0 atom stereocenters. The molecule has 0 aliphatic heterocycles. The van der Waals surface area contributed by atoms with Crippen molar-refractivity contribution in [3.8, 4) is 5.75 Å². The van der Waals surface area contributed by atoms with Gasteiger partial charge in [-0.15, -0.1) is 0 Å². The molecule has 3 aromatic rings. The number of alkyl halides is 3. The Morgan fingerprint density at radius 1 is 1.21 bits per heavy atom. The maximum absolute atomic E-state index is 12.4. The lowest BCUT2D eigenvalue weighted by Crippen LogP contribution is -2.17. The summed E-state index contributed by atoms with van der Waals surface area (Å²) in [5.41, 5.74) is 1.34. The highest BCUT2D eigenvalue weighted by Crippen LogP contribution is 2.21. The minimum Gasteiger partial charge on any atom is -0.486 e. The third kappa shape index (κ3) is 5.87. The second-order valence-electron chi connectivity index (χ2n) is 6.77. The minimum atomic E-state index is -4.39. The van der Waals surface area contributed by atoms with Crippen LogP contribution in [0.2, 0.25) is 0 Å². The van der Waals surface area contributed by atoms with Crippen LogP contribution in [0, 0.1) is 0 Å². The summed E-state index contributed by atoms with van der Waals surface area (Å²) in [4.78, 5) is 12.2. The molecule has 0 radical (unpaired) electrons. The van der Waals surface area contributed by atoms with Crippen LogP contribution in [0.15, 0.2) is 53.2 Å². The first-order valence-electron chi connectivity index (χ1n) is 8.91. The molecule has 6 nitrogen and oxygen atoms in total. The largest absolute Gasteiger partial charge is 0.486 e. The van der Waals surface area contributed by atoms with E-state index in [1.807, 2.05) is 24.3 Å². The molecule has 1 aromatic carbocycles. The van der Waals surface area contributed by atoms with Crippen molar-refractivity contribution < 1.29 is 27.1 Å². The van der Waals surface area contributed by atoms with E-state index in [1.165, 1.54) is 11.6 Å². The number of anilines is 1. The quantitative estimate of drug-likeness (QED) is 0.599. The molecule has 29 heavy (non-hydrogen) atoms. The summed E-state index contributed by atoms with van der Waals surface area (Å²) >= 11 is 0. The zero-order valence-electron chi connectivity index (χ0n) is 15.9. The van der Waals surface area contributed by atoms with E-state index in [0.717, 1.165) is 12.4 Å². The lowest BCUT2D eigenvalue weighted by atomic mass is 10.0. The highest BCUT2D eigenvalue weighted by molar-refractivity contribution is 6.02. The molecule has 0 fully saturated rings. The molecule has 2 heterocycles. The fourth-order valence-corrected chi connectivity index (χ4v) is 2.57. The Bertz CT molecular complexity index is 959. The maximum Gasteiger partial charge on any atom is 0.408 e. The summed E-state index contributed by atoms with van der Waals surface area (Å²) in [5, 5.41) is 6.01. The predicted octanol–water partition coefficient (Wildman–Crippen LogP) is 4.99. The summed E-state index contributed by atoms with van der Waals surface area (Å²) in [6.07, 6.45) is -2.16. The van der Waals surface area contributed by atoms with Gasteiger partial charge in [-0.3, -0.25) is 9.48 Å². The van der Waals surface area contributed by atoms with E-state index < -0.39 is 18.6 Å². The van der Waals surface area contributed by atoms with E-state index in [4.69, 9.17) is 9.15 Å². The highest BCUT2D eigenvalue weighted by Gasteiger charge is 2.28. The molecular weight excluding hydrogens is 387 g/mol. The van der Waals surface area contributed by atoms with Crippen LogP contribution in [-0.2, 0) is 13.2 Å². The third-order valence-corrected chi connectivity index (χ3v) is 4.05. The number of nitrogens with one attached hydrogen (secondary N) is 1. The standard InChI is InChI=1S/C20H20F3N3O3/c1-13(2)14-3-5-16(6-4-14)28-11-17-7-8-18(29-17)19(27)25-15-9-24-26(10-15)12-20(21,22)23/h3-10,13H,11-12H2,1-2H3,(H,25,27). The molecule has 9 heteroatoms. The lowest BCUT2D eigenvalue weighted by molar-refractivity contribution is -0.142. The highest BCUT2D eigenvalue weighted by atomic mass is 19.4. The lowest BCUT2D eigenvalue weighted by Gasteiger charge is -2.08. The Kier molecular flexibility index (Phi) is 5.95. The molecule has 2 aromatic heterocycles. The maximum atomic E-state index is 12.4. The molecule has 0 unspecified atom stereocenters. The molecule has 0 bridgehead atoms. The normalized spacial score (nSPS) is 11.7. The predicted molar refractivity (Wildman–Crippen MR) is 99.8 cm³/mol. The van der Waals surface area contributed by atoms with Crippen LogP contribution in [0.1, 0.15) is 41.6 Å². The SMILES string of the molecule is CC(C)c1ccc(OCc2ccc(C(=O)Nc3cnn(CC(F)(F)F)c3)o2)cc1. The number of carbonyl (C=O) groups is 1. The van der Waals surface area contributed by atoms with E-state index in [-0.39, 0.29) is 18.1 Å². The summed E-state index contributed by atoms with van der Waals surface area (Å²) in [7, 11) is 0. The van der Waals surface area contributed by atoms with E-state index in [0.29, 0.717) is 22.1 Å². The Morgan fingerprint density at radius 2 is 1.93 bits per heavy atom. The summed E-state index contributed by atoms with van der Waals surface area (Å²) in [6.45, 7) is 3.11. The molecule has 0 saturated carbocycles. The van der Waals surface area contributed by atoms with Gasteiger partial charge in [-0.2, -0.15) is 18.3 Å². The number of hydrogen-bond donors (Lipinski definition) is 1. The smallest absolute Gasteiger partial charge is 0.408 e. The van der Waals surface area contributed by atoms with Gasteiger partial charge in [0, 0.05) is 6.20 Å². The molecule has 0 aliphatic carbocycles. The van der Waals surface area contributed by atoms with Gasteiger partial charge in [-0.05, 0) is 35.7 Å². The topological polar surface area (TPSA) is 69.3 Å². The van der Waals surface area contributed by atoms with Crippen molar-refractivity contribution in [1.29, 1.82) is 0 Å². The first-order valence-corrected chi connectivity index (χ1v) is 8.91. The Labute approximate surface area is 165 Å². The van der Waals surface area contributed by atoms with Crippen molar-refractivity contribution >= 4 is 11.6 Å². The van der Waals surface area contributed by atoms with Gasteiger partial charge in [0.15, 0.2) is 5.76 Å². The number of benzene rings is 1. The Morgan fingerprint density at radius 3 is 2.59 bits per heavy atom. The molecule has 3 rings (SSSR count). The molecular formula is C20H20F3N3O3. The van der Waals surface area contributed by atoms with Crippen molar-refractivity contribution in [3.63, 3.8) is 0 Å². The van der Waals surface area contributed by atoms with Crippen LogP contribution in [-0.4, -0.2) is 21.9 Å². The van der Waals surface area contributed by atoms with Crippen LogP contribution >= 0.6 is 0 Å². The monoisotopic (exact) mass is 407 g/mol. The minimum absolute atomic E-state index is 0.0160. The van der Waals surface area contributed by atoms with Gasteiger partial charge in [0.05, 0.1) is 11.9 Å². The molecule has 1 N–H and O–H groups in total. The number of furan rings is 1. The number of hydrogen-bond acceptors (Lipinski definition) is 4. The van der Waals surface area contributed by atoms with Crippen LogP contribution in [0.4, 0.5) is 18.9 Å². The number of rotatable bonds is 7. The van der Waals surface area contributed by atoms with Crippen molar-refractivity contribution in [1.82, 2.24) is 9.78 Å². The van der Waals surface area contributed by atoms with Crippen molar-refractivity contribution in [2.75, 3.05) is 5.32 Å². The fraction of sp³-hybridized carbons (Fsp3) is 0.300. The molecule has 0 saturated heterocycles.